The van der Waals surface area contributed by atoms with Crippen LogP contribution in [0.4, 0.5) is 0 Å². The Morgan fingerprint density at radius 1 is 1.43 bits per heavy atom. The maximum Gasteiger partial charge on any atom is 0.243 e. The molecule has 0 bridgehead atoms. The molecule has 116 valence electrons. The molecule has 0 aliphatic rings. The largest absolute Gasteiger partial charge is 0.469 e. The number of hydrogen-bond acceptors (Lipinski definition) is 5. The van der Waals surface area contributed by atoms with Crippen molar-refractivity contribution in [2.45, 2.75) is 31.8 Å². The molecule has 0 fully saturated rings. The summed E-state index contributed by atoms with van der Waals surface area (Å²) in [4.78, 5) is 1.37. The third kappa shape index (κ3) is 3.74. The lowest BCUT2D eigenvalue weighted by Crippen LogP contribution is -2.26. The van der Waals surface area contributed by atoms with E-state index in [2.05, 4.69) is 5.32 Å². The van der Waals surface area contributed by atoms with E-state index in [-0.39, 0.29) is 0 Å². The van der Waals surface area contributed by atoms with Gasteiger partial charge in [0.1, 0.15) is 5.76 Å². The second-order valence-corrected chi connectivity index (χ2v) is 7.83. The fourth-order valence-corrected chi connectivity index (χ4v) is 4.30. The van der Waals surface area contributed by atoms with Gasteiger partial charge in [-0.2, -0.15) is 4.31 Å². The highest BCUT2D eigenvalue weighted by Gasteiger charge is 2.23. The Labute approximate surface area is 129 Å². The highest BCUT2D eigenvalue weighted by Crippen LogP contribution is 2.23. The van der Waals surface area contributed by atoms with Crippen LogP contribution in [0.1, 0.15) is 23.1 Å². The van der Waals surface area contributed by atoms with Gasteiger partial charge in [0.05, 0.1) is 11.2 Å². The summed E-state index contributed by atoms with van der Waals surface area (Å²) in [7, 11) is -1.88. The van der Waals surface area contributed by atoms with Crippen molar-refractivity contribution in [1.82, 2.24) is 9.62 Å². The zero-order chi connectivity index (χ0) is 15.5. The molecule has 2 aromatic heterocycles. The van der Waals surface area contributed by atoms with Gasteiger partial charge < -0.3 is 9.73 Å². The third-order valence-electron chi connectivity index (χ3n) is 3.25. The molecule has 0 aliphatic carbocycles. The number of thiophene rings is 1. The van der Waals surface area contributed by atoms with Crippen LogP contribution < -0.4 is 5.32 Å². The minimum Gasteiger partial charge on any atom is -0.469 e. The molecular formula is C14H20N2O3S2. The van der Waals surface area contributed by atoms with Crippen LogP contribution >= 0.6 is 11.3 Å². The highest BCUT2D eigenvalue weighted by molar-refractivity contribution is 7.89. The minimum atomic E-state index is -3.46. The average molecular weight is 328 g/mol. The Morgan fingerprint density at radius 3 is 2.81 bits per heavy atom. The number of rotatable bonds is 7. The van der Waals surface area contributed by atoms with Crippen LogP contribution in [0.2, 0.25) is 0 Å². The van der Waals surface area contributed by atoms with Crippen molar-refractivity contribution in [2.24, 2.45) is 0 Å². The molecule has 0 spiro atoms. The standard InChI is InChI=1S/C14H20N2O3S2/c1-4-15-8-13-7-14(10-20-13)21(17,18)16(3)9-12-5-6-19-11(12)2/h5-7,10,15H,4,8-9H2,1-3H3. The van der Waals surface area contributed by atoms with Crippen molar-refractivity contribution in [2.75, 3.05) is 13.6 Å². The van der Waals surface area contributed by atoms with Crippen LogP contribution in [-0.4, -0.2) is 26.3 Å². The topological polar surface area (TPSA) is 62.6 Å². The van der Waals surface area contributed by atoms with Crippen LogP contribution in [0.5, 0.6) is 0 Å². The van der Waals surface area contributed by atoms with Crippen LogP contribution in [0, 0.1) is 6.92 Å². The SMILES string of the molecule is CCNCc1cc(S(=O)(=O)N(C)Cc2ccoc2C)cs1. The average Bonchev–Trinajstić information content (AvgIpc) is 3.06. The summed E-state index contributed by atoms with van der Waals surface area (Å²) in [6.07, 6.45) is 1.57. The fourth-order valence-electron chi connectivity index (χ4n) is 1.92. The Bertz CT molecular complexity index is 689. The molecule has 7 heteroatoms. The van der Waals surface area contributed by atoms with Gasteiger partial charge in [-0.15, -0.1) is 11.3 Å². The van der Waals surface area contributed by atoms with E-state index in [1.165, 1.54) is 15.6 Å². The minimum absolute atomic E-state index is 0.309. The Balaban J connectivity index is 2.13. The maximum atomic E-state index is 12.5. The number of nitrogens with zero attached hydrogens (tertiary/aromatic N) is 1. The van der Waals surface area contributed by atoms with E-state index in [0.717, 1.165) is 22.7 Å². The van der Waals surface area contributed by atoms with E-state index in [9.17, 15) is 8.42 Å². The molecule has 0 atom stereocenters. The van der Waals surface area contributed by atoms with Gasteiger partial charge in [-0.25, -0.2) is 8.42 Å². The number of nitrogens with one attached hydrogen (secondary N) is 1. The van der Waals surface area contributed by atoms with Gasteiger partial charge in [-0.3, -0.25) is 0 Å². The molecule has 0 radical (unpaired) electrons. The second-order valence-electron chi connectivity index (χ2n) is 4.79. The summed E-state index contributed by atoms with van der Waals surface area (Å²) < 4.78 is 31.6. The first-order valence-corrected chi connectivity index (χ1v) is 9.04. The van der Waals surface area contributed by atoms with E-state index in [1.807, 2.05) is 13.8 Å². The summed E-state index contributed by atoms with van der Waals surface area (Å²) in [5.41, 5.74) is 0.879. The lowest BCUT2D eigenvalue weighted by molar-refractivity contribution is 0.459. The maximum absolute atomic E-state index is 12.5. The molecule has 21 heavy (non-hydrogen) atoms. The van der Waals surface area contributed by atoms with Gasteiger partial charge in [0.15, 0.2) is 0 Å². The molecule has 0 amide bonds. The Kier molecular flexibility index (Phi) is 5.21. The molecule has 0 unspecified atom stereocenters. The molecule has 2 rings (SSSR count). The molecule has 5 nitrogen and oxygen atoms in total. The Morgan fingerprint density at radius 2 is 2.19 bits per heavy atom. The van der Waals surface area contributed by atoms with Gasteiger partial charge in [-0.05, 0) is 25.6 Å². The van der Waals surface area contributed by atoms with Crippen LogP contribution in [0.25, 0.3) is 0 Å². The molecule has 0 aromatic carbocycles. The van der Waals surface area contributed by atoms with Crippen molar-refractivity contribution < 1.29 is 12.8 Å². The van der Waals surface area contributed by atoms with Crippen LogP contribution in [0.3, 0.4) is 0 Å². The Hall–Kier alpha value is -1.15. The number of aryl methyl sites for hydroxylation is 1. The number of furan rings is 1. The quantitative estimate of drug-likeness (QED) is 0.848. The van der Waals surface area contributed by atoms with E-state index in [1.54, 1.807) is 30.8 Å². The van der Waals surface area contributed by atoms with Gasteiger partial charge in [-0.1, -0.05) is 6.92 Å². The van der Waals surface area contributed by atoms with Crippen LogP contribution in [0.15, 0.2) is 33.1 Å². The predicted octanol–water partition coefficient (Wildman–Crippen LogP) is 2.58. The van der Waals surface area contributed by atoms with Gasteiger partial charge >= 0.3 is 0 Å². The summed E-state index contributed by atoms with van der Waals surface area (Å²) in [6, 6.07) is 3.53. The van der Waals surface area contributed by atoms with Crippen molar-refractivity contribution in [3.63, 3.8) is 0 Å². The van der Waals surface area contributed by atoms with Gasteiger partial charge in [0.2, 0.25) is 10.0 Å². The van der Waals surface area contributed by atoms with Crippen molar-refractivity contribution in [3.8, 4) is 0 Å². The van der Waals surface area contributed by atoms with Crippen molar-refractivity contribution in [1.29, 1.82) is 0 Å². The second kappa shape index (κ2) is 6.74. The van der Waals surface area contributed by atoms with Crippen molar-refractivity contribution >= 4 is 21.4 Å². The number of hydrogen-bond donors (Lipinski definition) is 1. The normalized spacial score (nSPS) is 12.2. The zero-order valence-corrected chi connectivity index (χ0v) is 14.1. The lowest BCUT2D eigenvalue weighted by Gasteiger charge is -2.15. The highest BCUT2D eigenvalue weighted by atomic mass is 32.2. The molecule has 2 aromatic rings. The molecule has 0 saturated carbocycles. The lowest BCUT2D eigenvalue weighted by atomic mass is 10.3. The summed E-state index contributed by atoms with van der Waals surface area (Å²) in [6.45, 7) is 5.71. The fraction of sp³-hybridized carbons (Fsp3) is 0.429. The smallest absolute Gasteiger partial charge is 0.243 e. The first-order valence-electron chi connectivity index (χ1n) is 6.72. The van der Waals surface area contributed by atoms with E-state index < -0.39 is 10.0 Å². The molecule has 0 saturated heterocycles. The van der Waals surface area contributed by atoms with Crippen molar-refractivity contribution in [3.05, 3.63) is 40.0 Å². The van der Waals surface area contributed by atoms with E-state index in [4.69, 9.17) is 4.42 Å². The first-order chi connectivity index (χ1) is 9.95. The van der Waals surface area contributed by atoms with Crippen LogP contribution in [-0.2, 0) is 23.1 Å². The molecular weight excluding hydrogens is 308 g/mol. The van der Waals surface area contributed by atoms with Gasteiger partial charge in [0, 0.05) is 36.0 Å². The summed E-state index contributed by atoms with van der Waals surface area (Å²) in [5, 5.41) is 4.89. The molecule has 2 heterocycles. The van der Waals surface area contributed by atoms with Gasteiger partial charge in [0.25, 0.3) is 0 Å². The van der Waals surface area contributed by atoms with E-state index in [0.29, 0.717) is 18.0 Å². The molecule has 0 aliphatic heterocycles. The summed E-state index contributed by atoms with van der Waals surface area (Å²) in [5.74, 6) is 0.746. The third-order valence-corrected chi connectivity index (χ3v) is 6.11. The predicted molar refractivity (Wildman–Crippen MR) is 83.8 cm³/mol. The molecule has 1 N–H and O–H groups in total. The zero-order valence-electron chi connectivity index (χ0n) is 12.4. The first kappa shape index (κ1) is 16.2. The summed E-state index contributed by atoms with van der Waals surface area (Å²) >= 11 is 1.46. The van der Waals surface area contributed by atoms with E-state index >= 15 is 0 Å². The monoisotopic (exact) mass is 328 g/mol. The number of sulfonamides is 1.